The summed E-state index contributed by atoms with van der Waals surface area (Å²) in [6.07, 6.45) is 1.24. The summed E-state index contributed by atoms with van der Waals surface area (Å²) >= 11 is 0. The number of rotatable bonds is 4. The van der Waals surface area contributed by atoms with Crippen LogP contribution in [0.3, 0.4) is 0 Å². The van der Waals surface area contributed by atoms with E-state index in [2.05, 4.69) is 51.2 Å². The lowest BCUT2D eigenvalue weighted by Crippen LogP contribution is -2.45. The first-order valence-corrected chi connectivity index (χ1v) is 5.13. The number of benzene rings is 1. The topological polar surface area (TPSA) is 0 Å². The molecule has 0 aromatic heterocycles. The molecule has 0 spiro atoms. The van der Waals surface area contributed by atoms with Crippen LogP contribution in [-0.2, 0) is 0 Å². The maximum Gasteiger partial charge on any atom is 0.132 e. The maximum absolute atomic E-state index is 2.30. The summed E-state index contributed by atoms with van der Waals surface area (Å²) in [4.78, 5) is 0. The number of hydrogen-bond donors (Lipinski definition) is 0. The first-order chi connectivity index (χ1) is 6.23. The normalized spacial score (nSPS) is 15.3. The lowest BCUT2D eigenvalue weighted by Gasteiger charge is -2.32. The van der Waals surface area contributed by atoms with Crippen molar-refractivity contribution in [2.45, 2.75) is 20.3 Å². The van der Waals surface area contributed by atoms with E-state index in [4.69, 9.17) is 0 Å². The van der Waals surface area contributed by atoms with Gasteiger partial charge in [0, 0.05) is 0 Å². The van der Waals surface area contributed by atoms with Crippen LogP contribution in [0.15, 0.2) is 30.3 Å². The van der Waals surface area contributed by atoms with Crippen LogP contribution in [0, 0.1) is 0 Å². The van der Waals surface area contributed by atoms with Gasteiger partial charge in [0.1, 0.15) is 5.69 Å². The fourth-order valence-corrected chi connectivity index (χ4v) is 1.75. The number of hydrogen-bond acceptors (Lipinski definition) is 0. The molecule has 1 atom stereocenters. The molecular formula is C12H20N+. The van der Waals surface area contributed by atoms with Crippen molar-refractivity contribution in [2.24, 2.45) is 0 Å². The highest BCUT2D eigenvalue weighted by Crippen LogP contribution is 2.20. The fourth-order valence-electron chi connectivity index (χ4n) is 1.75. The van der Waals surface area contributed by atoms with Crippen molar-refractivity contribution in [3.05, 3.63) is 30.3 Å². The summed E-state index contributed by atoms with van der Waals surface area (Å²) in [5.41, 5.74) is 1.42. The molecule has 0 N–H and O–H groups in total. The third kappa shape index (κ3) is 2.31. The molecular weight excluding hydrogens is 158 g/mol. The van der Waals surface area contributed by atoms with Gasteiger partial charge in [-0.1, -0.05) is 25.1 Å². The van der Waals surface area contributed by atoms with Crippen LogP contribution in [0.5, 0.6) is 0 Å². The highest BCUT2D eigenvalue weighted by Gasteiger charge is 2.20. The van der Waals surface area contributed by atoms with Gasteiger partial charge in [0.2, 0.25) is 0 Å². The minimum Gasteiger partial charge on any atom is -0.294 e. The minimum absolute atomic E-state index is 1.05. The quantitative estimate of drug-likeness (QED) is 0.622. The van der Waals surface area contributed by atoms with Gasteiger partial charge in [0.15, 0.2) is 0 Å². The van der Waals surface area contributed by atoms with Gasteiger partial charge < -0.3 is 0 Å². The molecule has 0 radical (unpaired) electrons. The Balaban J connectivity index is 2.89. The van der Waals surface area contributed by atoms with Gasteiger partial charge in [0.05, 0.1) is 20.1 Å². The van der Waals surface area contributed by atoms with E-state index in [0.717, 1.165) is 11.0 Å². The van der Waals surface area contributed by atoms with E-state index < -0.39 is 0 Å². The van der Waals surface area contributed by atoms with Crippen molar-refractivity contribution in [2.75, 3.05) is 20.1 Å². The zero-order valence-electron chi connectivity index (χ0n) is 8.96. The molecule has 1 aromatic carbocycles. The molecule has 0 saturated heterocycles. The Kier molecular flexibility index (Phi) is 3.49. The monoisotopic (exact) mass is 178 g/mol. The summed E-state index contributed by atoms with van der Waals surface area (Å²) in [6.45, 7) is 6.89. The molecule has 0 aliphatic heterocycles. The summed E-state index contributed by atoms with van der Waals surface area (Å²) in [5, 5.41) is 0. The van der Waals surface area contributed by atoms with Gasteiger partial charge in [-0.05, 0) is 25.5 Å². The molecule has 1 heteroatoms. The Morgan fingerprint density at radius 1 is 1.08 bits per heavy atom. The van der Waals surface area contributed by atoms with E-state index in [-0.39, 0.29) is 0 Å². The standard InChI is InChI=1S/C12H20N/c1-4-11-13(3,5-2)12-9-7-6-8-10-12/h6-10H,4-5,11H2,1-3H3/q+1. The Bertz CT molecular complexity index is 243. The van der Waals surface area contributed by atoms with Crippen LogP contribution in [0.1, 0.15) is 20.3 Å². The Hall–Kier alpha value is -0.820. The van der Waals surface area contributed by atoms with Crippen molar-refractivity contribution < 1.29 is 0 Å². The molecule has 0 aliphatic rings. The molecule has 1 rings (SSSR count). The lowest BCUT2D eigenvalue weighted by atomic mass is 10.2. The molecule has 0 amide bonds. The number of para-hydroxylation sites is 1. The van der Waals surface area contributed by atoms with Crippen molar-refractivity contribution in [3.8, 4) is 0 Å². The van der Waals surface area contributed by atoms with Crippen LogP contribution in [0.2, 0.25) is 0 Å². The molecule has 1 unspecified atom stereocenters. The molecule has 0 bridgehead atoms. The lowest BCUT2D eigenvalue weighted by molar-refractivity contribution is 0.346. The van der Waals surface area contributed by atoms with Gasteiger partial charge in [-0.3, -0.25) is 4.48 Å². The highest BCUT2D eigenvalue weighted by atomic mass is 15.3. The van der Waals surface area contributed by atoms with Crippen molar-refractivity contribution in [1.82, 2.24) is 4.48 Å². The second-order valence-electron chi connectivity index (χ2n) is 3.77. The zero-order valence-corrected chi connectivity index (χ0v) is 8.96. The molecule has 1 nitrogen and oxygen atoms in total. The molecule has 0 heterocycles. The van der Waals surface area contributed by atoms with Gasteiger partial charge in [0.25, 0.3) is 0 Å². The molecule has 1 aromatic rings. The minimum atomic E-state index is 1.05. The van der Waals surface area contributed by atoms with Gasteiger partial charge in [-0.2, -0.15) is 0 Å². The van der Waals surface area contributed by atoms with Crippen LogP contribution >= 0.6 is 0 Å². The van der Waals surface area contributed by atoms with E-state index in [1.165, 1.54) is 18.7 Å². The van der Waals surface area contributed by atoms with E-state index in [1.807, 2.05) is 0 Å². The SMILES string of the molecule is CCC[N+](C)(CC)c1ccccc1. The molecule has 0 fully saturated rings. The first-order valence-electron chi connectivity index (χ1n) is 5.13. The van der Waals surface area contributed by atoms with Gasteiger partial charge >= 0.3 is 0 Å². The fraction of sp³-hybridized carbons (Fsp3) is 0.500. The smallest absolute Gasteiger partial charge is 0.132 e. The summed E-state index contributed by atoms with van der Waals surface area (Å²) in [6, 6.07) is 10.8. The second kappa shape index (κ2) is 4.43. The van der Waals surface area contributed by atoms with Crippen molar-refractivity contribution in [3.63, 3.8) is 0 Å². The van der Waals surface area contributed by atoms with Crippen LogP contribution in [-0.4, -0.2) is 20.1 Å². The molecule has 0 saturated carbocycles. The Labute approximate surface area is 81.6 Å². The van der Waals surface area contributed by atoms with E-state index in [9.17, 15) is 0 Å². The first kappa shape index (κ1) is 10.3. The summed E-state index contributed by atoms with van der Waals surface area (Å²) in [7, 11) is 2.30. The predicted octanol–water partition coefficient (Wildman–Crippen LogP) is 3.05. The Morgan fingerprint density at radius 2 is 1.69 bits per heavy atom. The third-order valence-electron chi connectivity index (χ3n) is 2.79. The van der Waals surface area contributed by atoms with Gasteiger partial charge in [-0.15, -0.1) is 0 Å². The predicted molar refractivity (Wildman–Crippen MR) is 59.9 cm³/mol. The van der Waals surface area contributed by atoms with Crippen LogP contribution in [0.25, 0.3) is 0 Å². The number of nitrogens with zero attached hydrogens (tertiary/aromatic N) is 1. The summed E-state index contributed by atoms with van der Waals surface area (Å²) < 4.78 is 1.05. The van der Waals surface area contributed by atoms with Crippen molar-refractivity contribution in [1.29, 1.82) is 0 Å². The molecule has 0 aliphatic carbocycles. The third-order valence-corrected chi connectivity index (χ3v) is 2.79. The average Bonchev–Trinajstić information content (AvgIpc) is 2.19. The van der Waals surface area contributed by atoms with Crippen molar-refractivity contribution >= 4 is 5.69 Å². The summed E-state index contributed by atoms with van der Waals surface area (Å²) in [5.74, 6) is 0. The van der Waals surface area contributed by atoms with Crippen LogP contribution in [0.4, 0.5) is 5.69 Å². The van der Waals surface area contributed by atoms with E-state index >= 15 is 0 Å². The molecule has 72 valence electrons. The van der Waals surface area contributed by atoms with E-state index in [0.29, 0.717) is 0 Å². The highest BCUT2D eigenvalue weighted by molar-refractivity contribution is 5.41. The van der Waals surface area contributed by atoms with Crippen LogP contribution < -0.4 is 4.48 Å². The molecule has 13 heavy (non-hydrogen) atoms. The zero-order chi connectivity index (χ0) is 9.73. The average molecular weight is 178 g/mol. The largest absolute Gasteiger partial charge is 0.294 e. The maximum atomic E-state index is 2.30. The second-order valence-corrected chi connectivity index (χ2v) is 3.77. The van der Waals surface area contributed by atoms with Gasteiger partial charge in [-0.25, -0.2) is 0 Å². The Morgan fingerprint density at radius 3 is 2.15 bits per heavy atom. The number of quaternary nitrogens is 1. The van der Waals surface area contributed by atoms with E-state index in [1.54, 1.807) is 0 Å².